The molecule has 0 aliphatic rings. The summed E-state index contributed by atoms with van der Waals surface area (Å²) in [6.07, 6.45) is 3.25. The normalized spacial score (nSPS) is 9.46. The first-order valence-electron chi connectivity index (χ1n) is 4.21. The van der Waals surface area contributed by atoms with Gasteiger partial charge in [0, 0.05) is 6.20 Å². The number of nitrogens with zero attached hydrogens (tertiary/aromatic N) is 1. The highest BCUT2D eigenvalue weighted by Gasteiger charge is 2.02. The molecule has 1 heterocycles. The molecular formula is C11H13NO. The van der Waals surface area contributed by atoms with Crippen molar-refractivity contribution < 1.29 is 4.79 Å². The van der Waals surface area contributed by atoms with Crippen LogP contribution in [0.1, 0.15) is 29.9 Å². The zero-order chi connectivity index (χ0) is 9.84. The minimum Gasteiger partial charge on any atom is -0.288 e. The van der Waals surface area contributed by atoms with Crippen molar-refractivity contribution in [3.8, 4) is 0 Å². The van der Waals surface area contributed by atoms with Gasteiger partial charge in [-0.1, -0.05) is 5.57 Å². The Balaban J connectivity index is 2.96. The summed E-state index contributed by atoms with van der Waals surface area (Å²) in [7, 11) is 0. The third-order valence-corrected chi connectivity index (χ3v) is 1.59. The molecular weight excluding hydrogens is 162 g/mol. The number of carbonyl (C=O) groups excluding carboxylic acids is 1. The molecule has 13 heavy (non-hydrogen) atoms. The maximum absolute atomic E-state index is 11.5. The van der Waals surface area contributed by atoms with Crippen LogP contribution in [-0.4, -0.2) is 10.8 Å². The molecule has 0 spiro atoms. The SMILES string of the molecule is CC(C)=CC(=O)c1cc(C)ccn1. The lowest BCUT2D eigenvalue weighted by Gasteiger charge is -1.96. The fraction of sp³-hybridized carbons (Fsp3) is 0.273. The van der Waals surface area contributed by atoms with Crippen molar-refractivity contribution in [2.45, 2.75) is 20.8 Å². The number of carbonyl (C=O) groups is 1. The van der Waals surface area contributed by atoms with Crippen LogP contribution in [0.15, 0.2) is 30.0 Å². The summed E-state index contributed by atoms with van der Waals surface area (Å²) in [4.78, 5) is 15.5. The second-order valence-corrected chi connectivity index (χ2v) is 3.30. The Morgan fingerprint density at radius 1 is 1.46 bits per heavy atom. The summed E-state index contributed by atoms with van der Waals surface area (Å²) >= 11 is 0. The van der Waals surface area contributed by atoms with Gasteiger partial charge in [0.2, 0.25) is 5.78 Å². The van der Waals surface area contributed by atoms with E-state index in [1.807, 2.05) is 26.8 Å². The second-order valence-electron chi connectivity index (χ2n) is 3.30. The van der Waals surface area contributed by atoms with Crippen LogP contribution < -0.4 is 0 Å². The quantitative estimate of drug-likeness (QED) is 0.510. The third kappa shape index (κ3) is 2.82. The van der Waals surface area contributed by atoms with E-state index in [1.165, 1.54) is 0 Å². The molecule has 0 bridgehead atoms. The van der Waals surface area contributed by atoms with E-state index in [1.54, 1.807) is 18.3 Å². The number of aryl methyl sites for hydroxylation is 1. The summed E-state index contributed by atoms with van der Waals surface area (Å²) in [5, 5.41) is 0. The predicted molar refractivity (Wildman–Crippen MR) is 52.7 cm³/mol. The van der Waals surface area contributed by atoms with Crippen LogP contribution in [0.3, 0.4) is 0 Å². The van der Waals surface area contributed by atoms with Gasteiger partial charge in [0.25, 0.3) is 0 Å². The Morgan fingerprint density at radius 2 is 2.15 bits per heavy atom. The van der Waals surface area contributed by atoms with E-state index in [2.05, 4.69) is 4.98 Å². The highest BCUT2D eigenvalue weighted by atomic mass is 16.1. The number of aromatic nitrogens is 1. The van der Waals surface area contributed by atoms with Crippen LogP contribution in [0, 0.1) is 6.92 Å². The maximum atomic E-state index is 11.5. The number of ketones is 1. The first-order chi connectivity index (χ1) is 6.09. The van der Waals surface area contributed by atoms with E-state index in [9.17, 15) is 4.79 Å². The van der Waals surface area contributed by atoms with Crippen LogP contribution >= 0.6 is 0 Å². The van der Waals surface area contributed by atoms with Gasteiger partial charge < -0.3 is 0 Å². The van der Waals surface area contributed by atoms with Crippen molar-refractivity contribution in [2.24, 2.45) is 0 Å². The summed E-state index contributed by atoms with van der Waals surface area (Å²) in [6, 6.07) is 3.67. The van der Waals surface area contributed by atoms with Crippen molar-refractivity contribution in [3.63, 3.8) is 0 Å². The van der Waals surface area contributed by atoms with Crippen LogP contribution in [0.2, 0.25) is 0 Å². The minimum absolute atomic E-state index is 0.0244. The monoisotopic (exact) mass is 175 g/mol. The van der Waals surface area contributed by atoms with Crippen LogP contribution in [0.5, 0.6) is 0 Å². The molecule has 0 fully saturated rings. The number of hydrogen-bond acceptors (Lipinski definition) is 2. The molecule has 0 aliphatic carbocycles. The summed E-state index contributed by atoms with van der Waals surface area (Å²) in [5.74, 6) is -0.0244. The maximum Gasteiger partial charge on any atom is 0.204 e. The first kappa shape index (κ1) is 9.65. The van der Waals surface area contributed by atoms with E-state index in [-0.39, 0.29) is 5.78 Å². The van der Waals surface area contributed by atoms with Gasteiger partial charge in [-0.15, -0.1) is 0 Å². The molecule has 1 aromatic heterocycles. The molecule has 0 N–H and O–H groups in total. The largest absolute Gasteiger partial charge is 0.288 e. The highest BCUT2D eigenvalue weighted by Crippen LogP contribution is 2.03. The lowest BCUT2D eigenvalue weighted by atomic mass is 10.1. The van der Waals surface area contributed by atoms with Crippen molar-refractivity contribution in [1.29, 1.82) is 0 Å². The molecule has 2 nitrogen and oxygen atoms in total. The molecule has 0 atom stereocenters. The standard InChI is InChI=1S/C11H13NO/c1-8(2)6-11(13)10-7-9(3)4-5-12-10/h4-7H,1-3H3. The second kappa shape index (κ2) is 3.99. The summed E-state index contributed by atoms with van der Waals surface area (Å²) in [6.45, 7) is 5.74. The zero-order valence-electron chi connectivity index (χ0n) is 8.16. The van der Waals surface area contributed by atoms with E-state index in [0.29, 0.717) is 5.69 Å². The van der Waals surface area contributed by atoms with Gasteiger partial charge in [-0.25, -0.2) is 0 Å². The smallest absolute Gasteiger partial charge is 0.204 e. The Kier molecular flexibility index (Phi) is 2.96. The average Bonchev–Trinajstić information content (AvgIpc) is 2.03. The molecule has 0 radical (unpaired) electrons. The van der Waals surface area contributed by atoms with Gasteiger partial charge in [-0.3, -0.25) is 9.78 Å². The van der Waals surface area contributed by atoms with E-state index in [0.717, 1.165) is 11.1 Å². The topological polar surface area (TPSA) is 30.0 Å². The molecule has 0 aliphatic heterocycles. The van der Waals surface area contributed by atoms with Crippen LogP contribution in [0.4, 0.5) is 0 Å². The van der Waals surface area contributed by atoms with Gasteiger partial charge in [0.05, 0.1) is 0 Å². The van der Waals surface area contributed by atoms with Crippen LogP contribution in [0.25, 0.3) is 0 Å². The molecule has 0 saturated heterocycles. The molecule has 68 valence electrons. The molecule has 0 aromatic carbocycles. The first-order valence-corrected chi connectivity index (χ1v) is 4.21. The molecule has 0 unspecified atom stereocenters. The number of pyridine rings is 1. The lowest BCUT2D eigenvalue weighted by Crippen LogP contribution is -1.98. The van der Waals surface area contributed by atoms with Gasteiger partial charge in [0.15, 0.2) is 0 Å². The van der Waals surface area contributed by atoms with E-state index < -0.39 is 0 Å². The van der Waals surface area contributed by atoms with Crippen molar-refractivity contribution in [1.82, 2.24) is 4.98 Å². The average molecular weight is 175 g/mol. The van der Waals surface area contributed by atoms with E-state index >= 15 is 0 Å². The van der Waals surface area contributed by atoms with Gasteiger partial charge in [-0.2, -0.15) is 0 Å². The molecule has 2 heteroatoms. The number of allylic oxidation sites excluding steroid dienone is 2. The van der Waals surface area contributed by atoms with Gasteiger partial charge >= 0.3 is 0 Å². The van der Waals surface area contributed by atoms with Gasteiger partial charge in [-0.05, 0) is 44.5 Å². The van der Waals surface area contributed by atoms with Crippen molar-refractivity contribution in [3.05, 3.63) is 41.2 Å². The van der Waals surface area contributed by atoms with Crippen LogP contribution in [-0.2, 0) is 0 Å². The lowest BCUT2D eigenvalue weighted by molar-refractivity contribution is 0.104. The fourth-order valence-corrected chi connectivity index (χ4v) is 1.01. The Morgan fingerprint density at radius 3 is 2.69 bits per heavy atom. The zero-order valence-corrected chi connectivity index (χ0v) is 8.16. The molecule has 0 saturated carbocycles. The van der Waals surface area contributed by atoms with Crippen molar-refractivity contribution in [2.75, 3.05) is 0 Å². The third-order valence-electron chi connectivity index (χ3n) is 1.59. The summed E-state index contributed by atoms with van der Waals surface area (Å²) < 4.78 is 0. The Bertz CT molecular complexity index is 349. The molecule has 0 amide bonds. The minimum atomic E-state index is -0.0244. The highest BCUT2D eigenvalue weighted by molar-refractivity contribution is 6.03. The number of hydrogen-bond donors (Lipinski definition) is 0. The Hall–Kier alpha value is -1.44. The van der Waals surface area contributed by atoms with Gasteiger partial charge in [0.1, 0.15) is 5.69 Å². The van der Waals surface area contributed by atoms with Crippen molar-refractivity contribution >= 4 is 5.78 Å². The number of rotatable bonds is 2. The molecule has 1 aromatic rings. The summed E-state index contributed by atoms with van der Waals surface area (Å²) in [5.41, 5.74) is 2.56. The fourth-order valence-electron chi connectivity index (χ4n) is 1.01. The Labute approximate surface area is 78.3 Å². The predicted octanol–water partition coefficient (Wildman–Crippen LogP) is 2.54. The van der Waals surface area contributed by atoms with E-state index in [4.69, 9.17) is 0 Å². The molecule has 1 rings (SSSR count).